The average Bonchev–Trinajstić information content (AvgIpc) is 2.23. The molecular weight excluding hydrogens is 286 g/mol. The first-order valence-corrected chi connectivity index (χ1v) is 6.91. The molecule has 0 aliphatic carbocycles. The Morgan fingerprint density at radius 1 is 1.38 bits per heavy atom. The summed E-state index contributed by atoms with van der Waals surface area (Å²) < 4.78 is 0.968. The van der Waals surface area contributed by atoms with E-state index in [2.05, 4.69) is 54.2 Å². The monoisotopic (exact) mass is 303 g/mol. The Hall–Kier alpha value is -0.0500. The van der Waals surface area contributed by atoms with Gasteiger partial charge < -0.3 is 5.32 Å². The minimum Gasteiger partial charge on any atom is -0.310 e. The summed E-state index contributed by atoms with van der Waals surface area (Å²) in [5.74, 6) is 0.569. The lowest BCUT2D eigenvalue weighted by Crippen LogP contribution is -2.26. The van der Waals surface area contributed by atoms with Crippen LogP contribution in [0.5, 0.6) is 0 Å². The molecule has 3 heteroatoms. The smallest absolute Gasteiger partial charge is 0.0548 e. The lowest BCUT2D eigenvalue weighted by molar-refractivity contribution is 0.412. The average molecular weight is 305 g/mol. The fourth-order valence-corrected chi connectivity index (χ4v) is 2.26. The third kappa shape index (κ3) is 3.76. The molecule has 0 bridgehead atoms. The van der Waals surface area contributed by atoms with Crippen molar-refractivity contribution in [2.24, 2.45) is 5.92 Å². The van der Waals surface area contributed by atoms with Gasteiger partial charge in [-0.3, -0.25) is 0 Å². The fourth-order valence-electron chi connectivity index (χ4n) is 1.74. The lowest BCUT2D eigenvalue weighted by atomic mass is 9.96. The summed E-state index contributed by atoms with van der Waals surface area (Å²) in [5.41, 5.74) is 1.29. The highest BCUT2D eigenvalue weighted by atomic mass is 79.9. The number of halogens is 2. The van der Waals surface area contributed by atoms with Crippen LogP contribution >= 0.6 is 27.5 Å². The topological polar surface area (TPSA) is 12.0 Å². The molecular formula is C13H19BrClN. The van der Waals surface area contributed by atoms with Crippen LogP contribution in [0, 0.1) is 5.92 Å². The van der Waals surface area contributed by atoms with E-state index < -0.39 is 0 Å². The molecule has 0 amide bonds. The van der Waals surface area contributed by atoms with Crippen molar-refractivity contribution >= 4 is 27.5 Å². The van der Waals surface area contributed by atoms with E-state index in [1.165, 1.54) is 5.56 Å². The van der Waals surface area contributed by atoms with Crippen molar-refractivity contribution in [3.05, 3.63) is 33.3 Å². The number of hydrogen-bond acceptors (Lipinski definition) is 1. The van der Waals surface area contributed by atoms with Gasteiger partial charge in [-0.15, -0.1) is 0 Å². The molecule has 1 N–H and O–H groups in total. The van der Waals surface area contributed by atoms with Crippen molar-refractivity contribution in [3.63, 3.8) is 0 Å². The van der Waals surface area contributed by atoms with E-state index in [9.17, 15) is 0 Å². The third-order valence-corrected chi connectivity index (χ3v) is 3.80. The van der Waals surface area contributed by atoms with E-state index in [1.54, 1.807) is 0 Å². The molecule has 0 saturated heterocycles. The first-order valence-electron chi connectivity index (χ1n) is 5.74. The summed E-state index contributed by atoms with van der Waals surface area (Å²) >= 11 is 9.47. The second-order valence-corrected chi connectivity index (χ2v) is 5.61. The highest BCUT2D eigenvalue weighted by Gasteiger charge is 2.15. The predicted octanol–water partition coefficient (Wildman–Crippen LogP) is 4.80. The maximum absolute atomic E-state index is 6.00. The zero-order chi connectivity index (χ0) is 12.1. The summed E-state index contributed by atoms with van der Waals surface area (Å²) in [4.78, 5) is 0. The number of rotatable bonds is 5. The van der Waals surface area contributed by atoms with Crippen molar-refractivity contribution in [2.45, 2.75) is 33.2 Å². The third-order valence-electron chi connectivity index (χ3n) is 2.58. The molecule has 1 aromatic carbocycles. The van der Waals surface area contributed by atoms with Crippen molar-refractivity contribution < 1.29 is 0 Å². The van der Waals surface area contributed by atoms with Crippen molar-refractivity contribution in [3.8, 4) is 0 Å². The van der Waals surface area contributed by atoms with E-state index in [0.717, 1.165) is 22.5 Å². The van der Waals surface area contributed by atoms with Crippen LogP contribution in [0.3, 0.4) is 0 Å². The van der Waals surface area contributed by atoms with Gasteiger partial charge in [-0.1, -0.05) is 38.4 Å². The lowest BCUT2D eigenvalue weighted by Gasteiger charge is -2.23. The quantitative estimate of drug-likeness (QED) is 0.824. The molecule has 0 aliphatic heterocycles. The summed E-state index contributed by atoms with van der Waals surface area (Å²) in [6.45, 7) is 7.69. The van der Waals surface area contributed by atoms with Crippen molar-refractivity contribution in [2.75, 3.05) is 6.54 Å². The first kappa shape index (κ1) is 14.0. The molecule has 1 nitrogen and oxygen atoms in total. The van der Waals surface area contributed by atoms with Crippen molar-refractivity contribution in [1.29, 1.82) is 0 Å². The molecule has 16 heavy (non-hydrogen) atoms. The fraction of sp³-hybridized carbons (Fsp3) is 0.538. The zero-order valence-corrected chi connectivity index (χ0v) is 12.4. The van der Waals surface area contributed by atoms with Gasteiger partial charge in [0.2, 0.25) is 0 Å². The molecule has 1 rings (SSSR count). The minimum atomic E-state index is 0.397. The standard InChI is InChI=1S/C13H19BrClN/c1-4-7-16-13(9(2)3)10-5-6-12(15)11(14)8-10/h5-6,8-9,13,16H,4,7H2,1-3H3. The van der Waals surface area contributed by atoms with E-state index in [0.29, 0.717) is 12.0 Å². The second kappa shape index (κ2) is 6.63. The molecule has 0 aliphatic rings. The molecule has 1 unspecified atom stereocenters. The van der Waals surface area contributed by atoms with Gasteiger partial charge in [0, 0.05) is 10.5 Å². The Balaban J connectivity index is 2.88. The van der Waals surface area contributed by atoms with E-state index in [-0.39, 0.29) is 0 Å². The van der Waals surface area contributed by atoms with Crippen molar-refractivity contribution in [1.82, 2.24) is 5.32 Å². The number of hydrogen-bond donors (Lipinski definition) is 1. The Morgan fingerprint density at radius 2 is 2.06 bits per heavy atom. The first-order chi connectivity index (χ1) is 7.56. The summed E-state index contributed by atoms with van der Waals surface area (Å²) in [6, 6.07) is 6.55. The Bertz CT molecular complexity index is 339. The molecule has 1 atom stereocenters. The molecule has 0 fully saturated rings. The highest BCUT2D eigenvalue weighted by molar-refractivity contribution is 9.10. The van der Waals surface area contributed by atoms with Crippen LogP contribution < -0.4 is 5.32 Å². The van der Waals surface area contributed by atoms with Crippen LogP contribution in [0.1, 0.15) is 38.8 Å². The summed E-state index contributed by atoms with van der Waals surface area (Å²) in [7, 11) is 0. The molecule has 1 aromatic rings. The van der Waals surface area contributed by atoms with Gasteiger partial charge >= 0.3 is 0 Å². The van der Waals surface area contributed by atoms with Crippen LogP contribution in [-0.4, -0.2) is 6.54 Å². The Kier molecular flexibility index (Phi) is 5.81. The predicted molar refractivity (Wildman–Crippen MR) is 75.0 cm³/mol. The van der Waals surface area contributed by atoms with Gasteiger partial charge in [-0.05, 0) is 52.5 Å². The van der Waals surface area contributed by atoms with Crippen LogP contribution in [-0.2, 0) is 0 Å². The second-order valence-electron chi connectivity index (χ2n) is 4.35. The molecule has 0 aromatic heterocycles. The van der Waals surface area contributed by atoms with Gasteiger partial charge in [0.1, 0.15) is 0 Å². The zero-order valence-electron chi connectivity index (χ0n) is 10.1. The van der Waals surface area contributed by atoms with E-state index in [4.69, 9.17) is 11.6 Å². The highest BCUT2D eigenvalue weighted by Crippen LogP contribution is 2.29. The Morgan fingerprint density at radius 3 is 2.56 bits per heavy atom. The van der Waals surface area contributed by atoms with E-state index >= 15 is 0 Å². The summed E-state index contributed by atoms with van der Waals surface area (Å²) in [5, 5.41) is 4.33. The molecule has 0 radical (unpaired) electrons. The largest absolute Gasteiger partial charge is 0.310 e. The molecule has 0 saturated carbocycles. The maximum atomic E-state index is 6.00. The van der Waals surface area contributed by atoms with Gasteiger partial charge in [-0.2, -0.15) is 0 Å². The summed E-state index contributed by atoms with van der Waals surface area (Å²) in [6.07, 6.45) is 1.15. The molecule has 0 spiro atoms. The SMILES string of the molecule is CCCNC(c1ccc(Cl)c(Br)c1)C(C)C. The van der Waals surface area contributed by atoms with Crippen LogP contribution in [0.4, 0.5) is 0 Å². The normalized spacial score (nSPS) is 13.1. The van der Waals surface area contributed by atoms with Crippen LogP contribution in [0.15, 0.2) is 22.7 Å². The number of benzene rings is 1. The van der Waals surface area contributed by atoms with E-state index in [1.807, 2.05) is 6.07 Å². The minimum absolute atomic E-state index is 0.397. The van der Waals surface area contributed by atoms with Gasteiger partial charge in [0.25, 0.3) is 0 Å². The van der Waals surface area contributed by atoms with Crippen LogP contribution in [0.25, 0.3) is 0 Å². The van der Waals surface area contributed by atoms with Gasteiger partial charge in [-0.25, -0.2) is 0 Å². The molecule has 90 valence electrons. The maximum Gasteiger partial charge on any atom is 0.0548 e. The Labute approximate surface area is 112 Å². The van der Waals surface area contributed by atoms with Gasteiger partial charge in [0.15, 0.2) is 0 Å². The van der Waals surface area contributed by atoms with Crippen LogP contribution in [0.2, 0.25) is 5.02 Å². The van der Waals surface area contributed by atoms with Gasteiger partial charge in [0.05, 0.1) is 5.02 Å². The molecule has 0 heterocycles. The number of nitrogens with one attached hydrogen (secondary N) is 1.